The fourth-order valence-electron chi connectivity index (χ4n) is 7.39. The van der Waals surface area contributed by atoms with Gasteiger partial charge in [-0.25, -0.2) is 0 Å². The number of fused-ring (bicyclic) bond motifs is 8. The molecule has 1 aliphatic rings. The average molecular weight is 510 g/mol. The Hall–Kier alpha value is -4.88. The summed E-state index contributed by atoms with van der Waals surface area (Å²) < 4.78 is 2.48. The van der Waals surface area contributed by atoms with Crippen molar-refractivity contribution in [2.75, 3.05) is 0 Å². The van der Waals surface area contributed by atoms with Crippen LogP contribution in [0.3, 0.4) is 0 Å². The second kappa shape index (κ2) is 7.61. The third-order valence-corrected chi connectivity index (χ3v) is 9.34. The normalized spacial score (nSPS) is 13.9. The van der Waals surface area contributed by atoms with Crippen LogP contribution in [0, 0.1) is 0 Å². The summed E-state index contributed by atoms with van der Waals surface area (Å²) in [6.45, 7) is 4.77. The predicted octanol–water partition coefficient (Wildman–Crippen LogP) is 10.5. The Kier molecular flexibility index (Phi) is 4.18. The molecule has 0 bridgehead atoms. The molecule has 0 fully saturated rings. The second-order valence-corrected chi connectivity index (χ2v) is 11.8. The Bertz CT molecular complexity index is 2340. The number of benzene rings is 7. The van der Waals surface area contributed by atoms with Crippen LogP contribution >= 0.6 is 0 Å². The molecule has 40 heavy (non-hydrogen) atoms. The summed E-state index contributed by atoms with van der Waals surface area (Å²) in [5.41, 5.74) is 9.10. The average Bonchev–Trinajstić information content (AvgIpc) is 3.32. The number of para-hydroxylation sites is 1. The van der Waals surface area contributed by atoms with Crippen LogP contribution < -0.4 is 0 Å². The van der Waals surface area contributed by atoms with E-state index in [0.29, 0.717) is 0 Å². The van der Waals surface area contributed by atoms with Crippen LogP contribution in [-0.2, 0) is 5.41 Å². The Morgan fingerprint density at radius 2 is 1.15 bits per heavy atom. The van der Waals surface area contributed by atoms with Crippen molar-refractivity contribution in [2.24, 2.45) is 0 Å². The van der Waals surface area contributed by atoms with Crippen molar-refractivity contribution in [3.05, 3.63) is 139 Å². The van der Waals surface area contributed by atoms with Gasteiger partial charge in [0, 0.05) is 21.9 Å². The number of nitrogens with zero attached hydrogens (tertiary/aromatic N) is 1. The van der Waals surface area contributed by atoms with Crippen molar-refractivity contribution in [3.8, 4) is 16.8 Å². The monoisotopic (exact) mass is 509 g/mol. The van der Waals surface area contributed by atoms with E-state index in [1.54, 1.807) is 0 Å². The lowest BCUT2D eigenvalue weighted by molar-refractivity contribution is 0.646. The molecule has 8 aromatic rings. The maximum absolute atomic E-state index is 2.48. The minimum atomic E-state index is -0.113. The zero-order valence-electron chi connectivity index (χ0n) is 22.6. The van der Waals surface area contributed by atoms with Gasteiger partial charge in [0.2, 0.25) is 0 Å². The maximum Gasteiger partial charge on any atom is 0.0544 e. The van der Waals surface area contributed by atoms with Gasteiger partial charge in [-0.1, -0.05) is 111 Å². The van der Waals surface area contributed by atoms with Crippen molar-refractivity contribution in [1.82, 2.24) is 4.57 Å². The zero-order valence-corrected chi connectivity index (χ0v) is 22.6. The van der Waals surface area contributed by atoms with Crippen LogP contribution in [0.1, 0.15) is 25.0 Å². The summed E-state index contributed by atoms with van der Waals surface area (Å²) in [7, 11) is 0. The van der Waals surface area contributed by atoms with Crippen molar-refractivity contribution >= 4 is 54.1 Å². The third-order valence-electron chi connectivity index (χ3n) is 9.34. The molecule has 0 N–H and O–H groups in total. The van der Waals surface area contributed by atoms with Crippen LogP contribution in [0.2, 0.25) is 0 Å². The van der Waals surface area contributed by atoms with E-state index in [-0.39, 0.29) is 5.41 Å². The number of hydrogen-bond acceptors (Lipinski definition) is 0. The summed E-state index contributed by atoms with van der Waals surface area (Å²) in [5, 5.41) is 10.4. The van der Waals surface area contributed by atoms with E-state index in [1.165, 1.54) is 82.1 Å². The van der Waals surface area contributed by atoms with E-state index >= 15 is 0 Å². The van der Waals surface area contributed by atoms with Gasteiger partial charge in [-0.3, -0.25) is 0 Å². The Labute approximate surface area is 232 Å². The lowest BCUT2D eigenvalue weighted by atomic mass is 9.68. The maximum atomic E-state index is 2.48. The molecule has 188 valence electrons. The summed E-state index contributed by atoms with van der Waals surface area (Å²) in [5.74, 6) is 0. The molecule has 1 aliphatic carbocycles. The first kappa shape index (κ1) is 22.0. The van der Waals surface area contributed by atoms with Crippen LogP contribution in [0.4, 0.5) is 0 Å². The lowest BCUT2D eigenvalue weighted by Crippen LogP contribution is -2.23. The fraction of sp³-hybridized carbons (Fsp3) is 0.0769. The molecular formula is C39H27N. The van der Waals surface area contributed by atoms with Gasteiger partial charge in [-0.05, 0) is 84.9 Å². The molecule has 1 nitrogen and oxygen atoms in total. The van der Waals surface area contributed by atoms with Crippen molar-refractivity contribution in [1.29, 1.82) is 0 Å². The van der Waals surface area contributed by atoms with Gasteiger partial charge in [0.25, 0.3) is 0 Å². The molecule has 0 amide bonds. The van der Waals surface area contributed by atoms with E-state index < -0.39 is 0 Å². The summed E-state index contributed by atoms with van der Waals surface area (Å²) >= 11 is 0. The Morgan fingerprint density at radius 1 is 0.450 bits per heavy atom. The van der Waals surface area contributed by atoms with E-state index in [9.17, 15) is 0 Å². The summed E-state index contributed by atoms with van der Waals surface area (Å²) in [6.07, 6.45) is 0. The molecule has 9 rings (SSSR count). The molecule has 7 aromatic carbocycles. The van der Waals surface area contributed by atoms with Crippen LogP contribution in [-0.4, -0.2) is 4.57 Å². The Balaban J connectivity index is 1.41. The second-order valence-electron chi connectivity index (χ2n) is 11.8. The van der Waals surface area contributed by atoms with Gasteiger partial charge in [0.05, 0.1) is 11.0 Å². The highest BCUT2D eigenvalue weighted by Crippen LogP contribution is 2.50. The first-order valence-electron chi connectivity index (χ1n) is 14.1. The number of hydrogen-bond donors (Lipinski definition) is 0. The molecule has 0 unspecified atom stereocenters. The Morgan fingerprint density at radius 3 is 2.02 bits per heavy atom. The molecular weight excluding hydrogens is 482 g/mol. The number of aromatic nitrogens is 1. The molecule has 0 atom stereocenters. The highest BCUT2D eigenvalue weighted by Gasteiger charge is 2.34. The fourth-order valence-corrected chi connectivity index (χ4v) is 7.39. The molecule has 0 radical (unpaired) electrons. The first-order chi connectivity index (χ1) is 19.6. The lowest BCUT2D eigenvalue weighted by Gasteiger charge is -2.35. The molecule has 0 saturated heterocycles. The standard InChI is InChI=1S/C39H27N/c1-39(2)34-15-8-11-26-10-7-14-30(38(26)34)32-22-33-29-13-5-6-16-36(29)40(37(33)23-35(32)39)27-20-19-25-18-17-24-9-3-4-12-28(24)31(25)21-27/h3-23H,1-2H3. The highest BCUT2D eigenvalue weighted by atomic mass is 15.0. The van der Waals surface area contributed by atoms with Gasteiger partial charge in [-0.15, -0.1) is 0 Å². The van der Waals surface area contributed by atoms with Crippen LogP contribution in [0.5, 0.6) is 0 Å². The molecule has 1 heterocycles. The molecule has 1 heteroatoms. The molecule has 1 aromatic heterocycles. The van der Waals surface area contributed by atoms with Crippen molar-refractivity contribution in [2.45, 2.75) is 19.3 Å². The molecule has 0 aliphatic heterocycles. The smallest absolute Gasteiger partial charge is 0.0544 e. The van der Waals surface area contributed by atoms with Gasteiger partial charge in [0.1, 0.15) is 0 Å². The third kappa shape index (κ3) is 2.77. The van der Waals surface area contributed by atoms with Gasteiger partial charge < -0.3 is 4.57 Å². The first-order valence-corrected chi connectivity index (χ1v) is 14.1. The van der Waals surface area contributed by atoms with Crippen molar-refractivity contribution in [3.63, 3.8) is 0 Å². The summed E-state index contributed by atoms with van der Waals surface area (Å²) in [4.78, 5) is 0. The van der Waals surface area contributed by atoms with Crippen molar-refractivity contribution < 1.29 is 0 Å². The summed E-state index contributed by atoms with van der Waals surface area (Å²) in [6, 6.07) is 47.5. The zero-order chi connectivity index (χ0) is 26.6. The molecule has 0 saturated carbocycles. The van der Waals surface area contributed by atoms with Gasteiger partial charge >= 0.3 is 0 Å². The largest absolute Gasteiger partial charge is 0.309 e. The quantitative estimate of drug-likeness (QED) is 0.194. The molecule has 0 spiro atoms. The van der Waals surface area contributed by atoms with Gasteiger partial charge in [-0.2, -0.15) is 0 Å². The van der Waals surface area contributed by atoms with Crippen LogP contribution in [0.25, 0.3) is 70.9 Å². The van der Waals surface area contributed by atoms with E-state index in [1.807, 2.05) is 0 Å². The predicted molar refractivity (Wildman–Crippen MR) is 171 cm³/mol. The van der Waals surface area contributed by atoms with Crippen LogP contribution in [0.15, 0.2) is 127 Å². The highest BCUT2D eigenvalue weighted by molar-refractivity contribution is 6.14. The van der Waals surface area contributed by atoms with E-state index in [2.05, 4.69) is 146 Å². The SMILES string of the molecule is CC1(C)c2cc3c(cc2-c2cccc4cccc1c24)c1ccccc1n3-c1ccc2ccc3ccccc3c2c1. The minimum absolute atomic E-state index is 0.113. The van der Waals surface area contributed by atoms with Gasteiger partial charge in [0.15, 0.2) is 0 Å². The topological polar surface area (TPSA) is 4.93 Å². The minimum Gasteiger partial charge on any atom is -0.309 e. The van der Waals surface area contributed by atoms with E-state index in [0.717, 1.165) is 0 Å². The number of rotatable bonds is 1. The van der Waals surface area contributed by atoms with E-state index in [4.69, 9.17) is 0 Å².